The Morgan fingerprint density at radius 3 is 2.52 bits per heavy atom. The van der Waals surface area contributed by atoms with Gasteiger partial charge in [0, 0.05) is 30.1 Å². The van der Waals surface area contributed by atoms with Crippen molar-refractivity contribution in [3.63, 3.8) is 0 Å². The fraction of sp³-hybridized carbons (Fsp3) is 0.282. The highest BCUT2D eigenvalue weighted by Gasteiger charge is 2.44. The Morgan fingerprint density at radius 1 is 1.04 bits per heavy atom. The van der Waals surface area contributed by atoms with Crippen LogP contribution in [0.4, 0.5) is 5.69 Å². The van der Waals surface area contributed by atoms with E-state index in [1.165, 1.54) is 30.0 Å². The first-order valence-corrected chi connectivity index (χ1v) is 18.6. The number of fused-ring (bicyclic) bond motifs is 1. The zero-order valence-corrected chi connectivity index (χ0v) is 31.2. The van der Waals surface area contributed by atoms with E-state index >= 15 is 0 Å². The average Bonchev–Trinajstić information content (AvgIpc) is 3.40. The van der Waals surface area contributed by atoms with Crippen molar-refractivity contribution in [3.8, 4) is 17.6 Å². The van der Waals surface area contributed by atoms with Gasteiger partial charge in [0.2, 0.25) is 17.7 Å². The van der Waals surface area contributed by atoms with E-state index in [1.54, 1.807) is 18.3 Å². The van der Waals surface area contributed by atoms with Gasteiger partial charge in [0.1, 0.15) is 24.5 Å². The predicted molar refractivity (Wildman–Crippen MR) is 199 cm³/mol. The number of nitrogens with zero attached hydrogens (tertiary/aromatic N) is 4. The van der Waals surface area contributed by atoms with Crippen LogP contribution in [0.5, 0.6) is 11.5 Å². The maximum atomic E-state index is 13.1. The topological polar surface area (TPSA) is 181 Å². The molecule has 54 heavy (non-hydrogen) atoms. The molecule has 5 amide bonds. The van der Waals surface area contributed by atoms with Gasteiger partial charge < -0.3 is 14.8 Å². The van der Waals surface area contributed by atoms with Crippen molar-refractivity contribution in [2.45, 2.75) is 62.8 Å². The number of rotatable bonds is 13. The van der Waals surface area contributed by atoms with Crippen LogP contribution in [-0.2, 0) is 26.4 Å². The van der Waals surface area contributed by atoms with Gasteiger partial charge in [0.15, 0.2) is 10.9 Å². The first kappa shape index (κ1) is 38.0. The number of nitriles is 1. The van der Waals surface area contributed by atoms with Crippen LogP contribution >= 0.6 is 23.4 Å². The molecule has 0 spiro atoms. The van der Waals surface area contributed by atoms with Crippen LogP contribution in [0.15, 0.2) is 72.0 Å². The molecule has 1 atom stereocenters. The van der Waals surface area contributed by atoms with Crippen molar-refractivity contribution in [2.24, 2.45) is 0 Å². The molecule has 276 valence electrons. The smallest absolute Gasteiger partial charge is 0.262 e. The van der Waals surface area contributed by atoms with Crippen molar-refractivity contribution >= 4 is 58.6 Å². The molecule has 15 heteroatoms. The van der Waals surface area contributed by atoms with E-state index in [1.807, 2.05) is 50.4 Å². The molecule has 0 radical (unpaired) electrons. The monoisotopic (exact) mass is 766 g/mol. The van der Waals surface area contributed by atoms with Gasteiger partial charge in [-0.25, -0.2) is 9.97 Å². The largest absolute Gasteiger partial charge is 0.491 e. The number of ether oxygens (including phenoxy) is 2. The summed E-state index contributed by atoms with van der Waals surface area (Å²) in [5.41, 5.74) is 2.76. The zero-order valence-electron chi connectivity index (χ0n) is 29.6. The molecule has 1 fully saturated rings. The highest BCUT2D eigenvalue weighted by Crippen LogP contribution is 2.39. The fourth-order valence-electron chi connectivity index (χ4n) is 6.21. The van der Waals surface area contributed by atoms with Crippen molar-refractivity contribution in [2.75, 3.05) is 18.2 Å². The van der Waals surface area contributed by atoms with Crippen molar-refractivity contribution in [3.05, 3.63) is 105 Å². The number of amides is 5. The number of nitrogens with one attached hydrogen (secondary N) is 2. The Kier molecular flexibility index (Phi) is 11.3. The summed E-state index contributed by atoms with van der Waals surface area (Å²) in [6.07, 6.45) is 4.02. The third kappa shape index (κ3) is 8.07. The van der Waals surface area contributed by atoms with Crippen LogP contribution in [0.2, 0.25) is 5.02 Å². The lowest BCUT2D eigenvalue weighted by Crippen LogP contribution is -2.54. The number of carbonyl (C=O) groups is 5. The van der Waals surface area contributed by atoms with Gasteiger partial charge in [-0.05, 0) is 78.8 Å². The first-order chi connectivity index (χ1) is 25.9. The first-order valence-electron chi connectivity index (χ1n) is 17.0. The minimum Gasteiger partial charge on any atom is -0.491 e. The summed E-state index contributed by atoms with van der Waals surface area (Å²) in [6.45, 7) is 4.46. The van der Waals surface area contributed by atoms with Crippen molar-refractivity contribution < 1.29 is 33.4 Å². The van der Waals surface area contributed by atoms with Crippen LogP contribution in [0.3, 0.4) is 0 Å². The van der Waals surface area contributed by atoms with Gasteiger partial charge in [-0.1, -0.05) is 49.3 Å². The number of anilines is 1. The fourth-order valence-corrected chi connectivity index (χ4v) is 6.86. The minimum absolute atomic E-state index is 0.0150. The SMILES string of the molecule is CSc1nccc(COc2ccc(C(C)(C)c3cc(Cl)c(OCCCC(=O)Nc4ccc5c(c4)C(=O)N(C4CCC(=O)NC4=O)C5=O)c(C#N)c3)cc2)n1. The second-order valence-electron chi connectivity index (χ2n) is 13.1. The number of halogens is 1. The Labute approximate surface area is 320 Å². The minimum atomic E-state index is -1.08. The third-order valence-corrected chi connectivity index (χ3v) is 10.1. The predicted octanol–water partition coefficient (Wildman–Crippen LogP) is 5.83. The lowest BCUT2D eigenvalue weighted by atomic mass is 9.77. The highest BCUT2D eigenvalue weighted by molar-refractivity contribution is 7.98. The summed E-state index contributed by atoms with van der Waals surface area (Å²) >= 11 is 8.13. The summed E-state index contributed by atoms with van der Waals surface area (Å²) in [4.78, 5) is 72.2. The number of hydrogen-bond donors (Lipinski definition) is 2. The Morgan fingerprint density at radius 2 is 1.80 bits per heavy atom. The summed E-state index contributed by atoms with van der Waals surface area (Å²) in [6, 6.07) is 18.4. The number of aromatic nitrogens is 2. The van der Waals surface area contributed by atoms with E-state index in [2.05, 4.69) is 26.7 Å². The molecule has 1 unspecified atom stereocenters. The van der Waals surface area contributed by atoms with Crippen LogP contribution in [0, 0.1) is 11.3 Å². The molecule has 0 aliphatic carbocycles. The molecule has 1 saturated heterocycles. The van der Waals surface area contributed by atoms with E-state index in [-0.39, 0.29) is 65.7 Å². The van der Waals surface area contributed by atoms with Gasteiger partial charge in [-0.2, -0.15) is 5.26 Å². The van der Waals surface area contributed by atoms with Gasteiger partial charge in [0.25, 0.3) is 11.8 Å². The van der Waals surface area contributed by atoms with Crippen LogP contribution in [-0.4, -0.2) is 63.3 Å². The molecule has 0 bridgehead atoms. The summed E-state index contributed by atoms with van der Waals surface area (Å²) < 4.78 is 11.8. The van der Waals surface area contributed by atoms with E-state index in [4.69, 9.17) is 21.1 Å². The van der Waals surface area contributed by atoms with Gasteiger partial charge in [-0.3, -0.25) is 34.2 Å². The summed E-state index contributed by atoms with van der Waals surface area (Å²) in [5.74, 6) is -1.92. The maximum absolute atomic E-state index is 13.1. The normalized spacial score (nSPS) is 15.4. The molecule has 1 aromatic heterocycles. The molecule has 4 aromatic rings. The molecule has 13 nitrogen and oxygen atoms in total. The second kappa shape index (κ2) is 16.1. The Hall–Kier alpha value is -5.78. The quantitative estimate of drug-likeness (QED) is 0.0724. The summed E-state index contributed by atoms with van der Waals surface area (Å²) in [7, 11) is 0. The molecule has 3 heterocycles. The second-order valence-corrected chi connectivity index (χ2v) is 14.3. The number of thioether (sulfide) groups is 1. The number of carbonyl (C=O) groups excluding carboxylic acids is 5. The van der Waals surface area contributed by atoms with Gasteiger partial charge in [-0.15, -0.1) is 0 Å². The number of piperidine rings is 1. The molecule has 2 aliphatic heterocycles. The van der Waals surface area contributed by atoms with E-state index < -0.39 is 35.1 Å². The van der Waals surface area contributed by atoms with Crippen molar-refractivity contribution in [1.29, 1.82) is 5.26 Å². The van der Waals surface area contributed by atoms with E-state index in [9.17, 15) is 29.2 Å². The molecule has 0 saturated carbocycles. The zero-order chi connectivity index (χ0) is 38.6. The third-order valence-electron chi connectivity index (χ3n) is 9.24. The Bertz CT molecular complexity index is 2200. The molecule has 2 aliphatic rings. The van der Waals surface area contributed by atoms with E-state index in [0.717, 1.165) is 21.7 Å². The van der Waals surface area contributed by atoms with Gasteiger partial charge in [0.05, 0.1) is 34.0 Å². The summed E-state index contributed by atoms with van der Waals surface area (Å²) in [5, 5.41) is 15.8. The molecule has 3 aromatic carbocycles. The average molecular weight is 767 g/mol. The standard InChI is InChI=1S/C39H35ClN6O7S/c1-39(2,23-6-9-27(10-7-23)53-21-26-14-15-42-38(44-26)54-3)24-17-22(20-41)34(30(40)18-24)52-16-4-5-32(47)43-25-8-11-28-29(19-25)37(51)46(36(28)50)31-12-13-33(48)45-35(31)49/h6-11,14-15,17-19,31H,4-5,12-13,16,21H2,1-3H3,(H,43,47)(H,45,48,49). The molecule has 2 N–H and O–H groups in total. The lowest BCUT2D eigenvalue weighted by Gasteiger charge is -2.27. The van der Waals surface area contributed by atoms with Crippen LogP contribution in [0.25, 0.3) is 0 Å². The Balaban J connectivity index is 1.02. The number of benzene rings is 3. The van der Waals surface area contributed by atoms with Crippen LogP contribution < -0.4 is 20.1 Å². The highest BCUT2D eigenvalue weighted by atomic mass is 35.5. The van der Waals surface area contributed by atoms with Crippen molar-refractivity contribution in [1.82, 2.24) is 20.2 Å². The number of hydrogen-bond acceptors (Lipinski definition) is 11. The maximum Gasteiger partial charge on any atom is 0.262 e. The van der Waals surface area contributed by atoms with E-state index in [0.29, 0.717) is 23.2 Å². The molecular formula is C39H35ClN6O7S. The molecular weight excluding hydrogens is 732 g/mol. The van der Waals surface area contributed by atoms with Crippen LogP contribution in [0.1, 0.15) is 82.6 Å². The molecule has 6 rings (SSSR count). The lowest BCUT2D eigenvalue weighted by molar-refractivity contribution is -0.136. The number of imide groups is 2. The van der Waals surface area contributed by atoms with Gasteiger partial charge >= 0.3 is 0 Å².